The van der Waals surface area contributed by atoms with E-state index in [9.17, 15) is 4.79 Å². The van der Waals surface area contributed by atoms with Gasteiger partial charge in [-0.05, 0) is 19.1 Å². The molecule has 0 aliphatic rings. The summed E-state index contributed by atoms with van der Waals surface area (Å²) in [5, 5.41) is 0.334. The Hall–Kier alpha value is -1.27. The number of hydrogen-bond donors (Lipinski definition) is 3. The van der Waals surface area contributed by atoms with Crippen molar-refractivity contribution in [2.45, 2.75) is 17.2 Å². The molecular formula is C8H12N4OS. The maximum absolute atomic E-state index is 11.1. The lowest BCUT2D eigenvalue weighted by Crippen LogP contribution is -2.36. The highest BCUT2D eigenvalue weighted by Crippen LogP contribution is 2.25. The van der Waals surface area contributed by atoms with Crippen LogP contribution in [0.5, 0.6) is 0 Å². The van der Waals surface area contributed by atoms with E-state index in [1.54, 1.807) is 25.3 Å². The first-order valence-electron chi connectivity index (χ1n) is 4.02. The van der Waals surface area contributed by atoms with E-state index >= 15 is 0 Å². The summed E-state index contributed by atoms with van der Waals surface area (Å²) in [7, 11) is 0. The van der Waals surface area contributed by atoms with Gasteiger partial charge in [0.2, 0.25) is 5.91 Å². The van der Waals surface area contributed by atoms with Gasteiger partial charge in [-0.15, -0.1) is 0 Å². The van der Waals surface area contributed by atoms with Gasteiger partial charge in [-0.1, -0.05) is 11.8 Å². The number of nitrogen functional groups attached to an aromatic ring is 1. The van der Waals surface area contributed by atoms with Crippen molar-refractivity contribution < 1.29 is 4.79 Å². The minimum Gasteiger partial charge on any atom is -0.397 e. The third-order valence-corrected chi connectivity index (χ3v) is 2.73. The molecule has 1 unspecified atom stereocenters. The number of nitrogens with zero attached hydrogens (tertiary/aromatic N) is 1. The van der Waals surface area contributed by atoms with Crippen LogP contribution in [0.25, 0.3) is 0 Å². The van der Waals surface area contributed by atoms with E-state index in [0.717, 1.165) is 0 Å². The van der Waals surface area contributed by atoms with Crippen LogP contribution in [0.3, 0.4) is 0 Å². The third kappa shape index (κ3) is 2.61. The zero-order valence-corrected chi connectivity index (χ0v) is 8.54. The van der Waals surface area contributed by atoms with Gasteiger partial charge in [-0.2, -0.15) is 0 Å². The lowest BCUT2D eigenvalue weighted by molar-refractivity contribution is -0.120. The van der Waals surface area contributed by atoms with E-state index < -0.39 is 0 Å². The minimum absolute atomic E-state index is 0.250. The molecule has 0 radical (unpaired) electrons. The van der Waals surface area contributed by atoms with Crippen LogP contribution in [-0.2, 0) is 4.79 Å². The Balaban J connectivity index is 2.69. The molecule has 1 aromatic rings. The van der Waals surface area contributed by atoms with Crippen molar-refractivity contribution in [2.75, 3.05) is 5.73 Å². The zero-order valence-electron chi connectivity index (χ0n) is 7.73. The van der Waals surface area contributed by atoms with Gasteiger partial charge >= 0.3 is 0 Å². The number of amides is 1. The summed E-state index contributed by atoms with van der Waals surface area (Å²) in [5.74, 6) is 4.75. The molecule has 1 heterocycles. The standard InChI is InChI=1S/C8H12N4OS/c1-5(7(13)12-10)14-8-6(9)3-2-4-11-8/h2-5H,9-10H2,1H3,(H,12,13). The lowest BCUT2D eigenvalue weighted by atomic mass is 10.4. The molecule has 0 spiro atoms. The van der Waals surface area contributed by atoms with Gasteiger partial charge in [0, 0.05) is 6.20 Å². The molecule has 1 amide bonds. The maximum Gasteiger partial charge on any atom is 0.247 e. The predicted octanol–water partition coefficient (Wildman–Crippen LogP) is 0.134. The fraction of sp³-hybridized carbons (Fsp3) is 0.250. The normalized spacial score (nSPS) is 12.1. The van der Waals surface area contributed by atoms with Crippen molar-refractivity contribution in [1.29, 1.82) is 0 Å². The van der Waals surface area contributed by atoms with Crippen LogP contribution >= 0.6 is 11.8 Å². The van der Waals surface area contributed by atoms with Crippen LogP contribution in [-0.4, -0.2) is 16.1 Å². The smallest absolute Gasteiger partial charge is 0.247 e. The molecule has 1 atom stereocenters. The molecule has 0 aliphatic heterocycles. The number of hydrazine groups is 1. The summed E-state index contributed by atoms with van der Waals surface area (Å²) in [5.41, 5.74) is 8.30. The average molecular weight is 212 g/mol. The number of anilines is 1. The molecular weight excluding hydrogens is 200 g/mol. The van der Waals surface area contributed by atoms with Crippen LogP contribution in [0.1, 0.15) is 6.92 Å². The molecule has 0 saturated heterocycles. The van der Waals surface area contributed by atoms with E-state index in [2.05, 4.69) is 10.4 Å². The molecule has 0 bridgehead atoms. The molecule has 76 valence electrons. The van der Waals surface area contributed by atoms with Gasteiger partial charge < -0.3 is 5.73 Å². The van der Waals surface area contributed by atoms with Crippen LogP contribution in [0, 0.1) is 0 Å². The Labute approximate surface area is 86.2 Å². The first-order chi connectivity index (χ1) is 6.65. The van der Waals surface area contributed by atoms with Gasteiger partial charge in [-0.25, -0.2) is 10.8 Å². The largest absolute Gasteiger partial charge is 0.397 e. The third-order valence-electron chi connectivity index (χ3n) is 1.60. The second-order valence-electron chi connectivity index (χ2n) is 2.67. The SMILES string of the molecule is CC(Sc1ncccc1N)C(=O)NN. The van der Waals surface area contributed by atoms with E-state index in [1.807, 2.05) is 0 Å². The molecule has 6 heteroatoms. The highest BCUT2D eigenvalue weighted by molar-refractivity contribution is 8.00. The number of nitrogens with one attached hydrogen (secondary N) is 1. The Kier molecular flexibility index (Phi) is 3.73. The number of carbonyl (C=O) groups excluding carboxylic acids is 1. The summed E-state index contributed by atoms with van der Waals surface area (Å²) in [6.07, 6.45) is 1.63. The van der Waals surface area contributed by atoms with Crippen LogP contribution in [0.15, 0.2) is 23.4 Å². The fourth-order valence-corrected chi connectivity index (χ4v) is 1.68. The maximum atomic E-state index is 11.1. The summed E-state index contributed by atoms with van der Waals surface area (Å²) in [4.78, 5) is 15.2. The van der Waals surface area contributed by atoms with Gasteiger partial charge in [-0.3, -0.25) is 10.2 Å². The number of rotatable bonds is 3. The number of nitrogens with two attached hydrogens (primary N) is 2. The zero-order chi connectivity index (χ0) is 10.6. The average Bonchev–Trinajstić information content (AvgIpc) is 2.20. The second-order valence-corrected chi connectivity index (χ2v) is 4.00. The van der Waals surface area contributed by atoms with Crippen LogP contribution in [0.2, 0.25) is 0 Å². The molecule has 1 aromatic heterocycles. The number of hydrogen-bond acceptors (Lipinski definition) is 5. The summed E-state index contributed by atoms with van der Waals surface area (Å²) < 4.78 is 0. The summed E-state index contributed by atoms with van der Waals surface area (Å²) in [6, 6.07) is 3.48. The molecule has 1 rings (SSSR count). The first-order valence-corrected chi connectivity index (χ1v) is 4.90. The molecule has 0 aromatic carbocycles. The predicted molar refractivity (Wildman–Crippen MR) is 56.3 cm³/mol. The van der Waals surface area contributed by atoms with Gasteiger partial charge in [0.25, 0.3) is 0 Å². The van der Waals surface area contributed by atoms with Crippen molar-refractivity contribution in [3.05, 3.63) is 18.3 Å². The molecule has 14 heavy (non-hydrogen) atoms. The Morgan fingerprint density at radius 1 is 1.71 bits per heavy atom. The van der Waals surface area contributed by atoms with Gasteiger partial charge in [0.05, 0.1) is 10.9 Å². The van der Waals surface area contributed by atoms with E-state index in [-0.39, 0.29) is 11.2 Å². The molecule has 0 aliphatic carbocycles. The van der Waals surface area contributed by atoms with Crippen LogP contribution < -0.4 is 17.0 Å². The summed E-state index contributed by atoms with van der Waals surface area (Å²) in [6.45, 7) is 1.74. The number of thioether (sulfide) groups is 1. The highest BCUT2D eigenvalue weighted by Gasteiger charge is 2.14. The summed E-state index contributed by atoms with van der Waals surface area (Å²) >= 11 is 1.27. The lowest BCUT2D eigenvalue weighted by Gasteiger charge is -2.09. The van der Waals surface area contributed by atoms with E-state index in [0.29, 0.717) is 10.7 Å². The first kappa shape index (κ1) is 10.8. The monoisotopic (exact) mass is 212 g/mol. The van der Waals surface area contributed by atoms with E-state index in [4.69, 9.17) is 11.6 Å². The van der Waals surface area contributed by atoms with Crippen molar-refractivity contribution in [2.24, 2.45) is 5.84 Å². The van der Waals surface area contributed by atoms with Crippen molar-refractivity contribution in [3.8, 4) is 0 Å². The Morgan fingerprint density at radius 2 is 2.43 bits per heavy atom. The van der Waals surface area contributed by atoms with Crippen molar-refractivity contribution in [1.82, 2.24) is 10.4 Å². The van der Waals surface area contributed by atoms with E-state index in [1.165, 1.54) is 11.8 Å². The number of aromatic nitrogens is 1. The van der Waals surface area contributed by atoms with Crippen LogP contribution in [0.4, 0.5) is 5.69 Å². The fourth-order valence-electron chi connectivity index (χ4n) is 0.840. The molecule has 0 saturated carbocycles. The quantitative estimate of drug-likeness (QED) is 0.287. The van der Waals surface area contributed by atoms with Gasteiger partial charge in [0.1, 0.15) is 5.03 Å². The number of carbonyl (C=O) groups is 1. The van der Waals surface area contributed by atoms with Crippen molar-refractivity contribution >= 4 is 23.4 Å². The highest BCUT2D eigenvalue weighted by atomic mass is 32.2. The van der Waals surface area contributed by atoms with Crippen molar-refractivity contribution in [3.63, 3.8) is 0 Å². The molecule has 0 fully saturated rings. The molecule has 5 N–H and O–H groups in total. The Morgan fingerprint density at radius 3 is 3.00 bits per heavy atom. The topological polar surface area (TPSA) is 94.0 Å². The molecule has 5 nitrogen and oxygen atoms in total. The van der Waals surface area contributed by atoms with Gasteiger partial charge in [0.15, 0.2) is 0 Å². The number of pyridine rings is 1. The minimum atomic E-state index is -0.308. The second kappa shape index (κ2) is 4.83. The Bertz CT molecular complexity index is 331.